The first kappa shape index (κ1) is 16.1. The second-order valence-corrected chi connectivity index (χ2v) is 6.33. The standard InChI is InChI=1S/C17H27NO3/c1-5-8-18-14(12-21-17(2,3)4)13-6-7-15-16(11-13)20-10-9-19-15/h6-7,11,14,18H,5,8-10,12H2,1-4H3. The first-order valence-corrected chi connectivity index (χ1v) is 7.76. The highest BCUT2D eigenvalue weighted by Gasteiger charge is 2.19. The SMILES string of the molecule is CCCNC(COC(C)(C)C)c1ccc2c(c1)OCCO2. The number of nitrogens with one attached hydrogen (secondary N) is 1. The van der Waals surface area contributed by atoms with Crippen molar-refractivity contribution in [3.63, 3.8) is 0 Å². The molecule has 0 radical (unpaired) electrons. The van der Waals surface area contributed by atoms with Gasteiger partial charge in [-0.2, -0.15) is 0 Å². The molecule has 2 rings (SSSR count). The summed E-state index contributed by atoms with van der Waals surface area (Å²) in [4.78, 5) is 0. The second kappa shape index (κ2) is 7.14. The van der Waals surface area contributed by atoms with Crippen molar-refractivity contribution in [2.75, 3.05) is 26.4 Å². The van der Waals surface area contributed by atoms with Crippen LogP contribution in [0.25, 0.3) is 0 Å². The van der Waals surface area contributed by atoms with Crippen molar-refractivity contribution in [2.24, 2.45) is 0 Å². The Balaban J connectivity index is 2.11. The highest BCUT2D eigenvalue weighted by atomic mass is 16.6. The lowest BCUT2D eigenvalue weighted by atomic mass is 10.1. The van der Waals surface area contributed by atoms with Gasteiger partial charge in [0, 0.05) is 0 Å². The van der Waals surface area contributed by atoms with E-state index in [-0.39, 0.29) is 11.6 Å². The van der Waals surface area contributed by atoms with Gasteiger partial charge in [-0.25, -0.2) is 0 Å². The first-order chi connectivity index (χ1) is 9.99. The van der Waals surface area contributed by atoms with Crippen LogP contribution in [-0.2, 0) is 4.74 Å². The Morgan fingerprint density at radius 1 is 1.19 bits per heavy atom. The van der Waals surface area contributed by atoms with Gasteiger partial charge in [0.05, 0.1) is 18.2 Å². The van der Waals surface area contributed by atoms with Gasteiger partial charge in [-0.15, -0.1) is 0 Å². The molecule has 1 atom stereocenters. The van der Waals surface area contributed by atoms with Gasteiger partial charge in [0.2, 0.25) is 0 Å². The predicted molar refractivity (Wildman–Crippen MR) is 84.2 cm³/mol. The summed E-state index contributed by atoms with van der Waals surface area (Å²) in [7, 11) is 0. The van der Waals surface area contributed by atoms with Gasteiger partial charge in [-0.05, 0) is 51.4 Å². The summed E-state index contributed by atoms with van der Waals surface area (Å²) in [6.07, 6.45) is 1.09. The Hall–Kier alpha value is -1.26. The van der Waals surface area contributed by atoms with Gasteiger partial charge in [0.1, 0.15) is 13.2 Å². The number of ether oxygens (including phenoxy) is 3. The van der Waals surface area contributed by atoms with Gasteiger partial charge in [-0.1, -0.05) is 13.0 Å². The Morgan fingerprint density at radius 3 is 2.57 bits per heavy atom. The van der Waals surface area contributed by atoms with E-state index in [4.69, 9.17) is 14.2 Å². The average Bonchev–Trinajstić information content (AvgIpc) is 2.46. The van der Waals surface area contributed by atoms with Gasteiger partial charge in [0.15, 0.2) is 11.5 Å². The molecule has 4 nitrogen and oxygen atoms in total. The van der Waals surface area contributed by atoms with Crippen LogP contribution in [-0.4, -0.2) is 32.0 Å². The Labute approximate surface area is 127 Å². The van der Waals surface area contributed by atoms with E-state index >= 15 is 0 Å². The highest BCUT2D eigenvalue weighted by molar-refractivity contribution is 5.44. The summed E-state index contributed by atoms with van der Waals surface area (Å²) in [5.41, 5.74) is 1.04. The zero-order chi connectivity index (χ0) is 15.3. The third-order valence-electron chi connectivity index (χ3n) is 3.29. The van der Waals surface area contributed by atoms with Crippen molar-refractivity contribution in [3.8, 4) is 11.5 Å². The minimum absolute atomic E-state index is 0.139. The third kappa shape index (κ3) is 4.90. The summed E-state index contributed by atoms with van der Waals surface area (Å²) in [6, 6.07) is 6.31. The Morgan fingerprint density at radius 2 is 1.90 bits per heavy atom. The monoisotopic (exact) mass is 293 g/mol. The van der Waals surface area contributed by atoms with Crippen LogP contribution in [0.4, 0.5) is 0 Å². The molecule has 0 aromatic heterocycles. The number of hydrogen-bond acceptors (Lipinski definition) is 4. The van der Waals surface area contributed by atoms with E-state index in [9.17, 15) is 0 Å². The van der Waals surface area contributed by atoms with Crippen LogP contribution in [0.15, 0.2) is 18.2 Å². The van der Waals surface area contributed by atoms with Crippen molar-refractivity contribution < 1.29 is 14.2 Å². The average molecular weight is 293 g/mol. The summed E-state index contributed by atoms with van der Waals surface area (Å²) in [5.74, 6) is 1.66. The van der Waals surface area contributed by atoms with Gasteiger partial charge in [-0.3, -0.25) is 0 Å². The van der Waals surface area contributed by atoms with Crippen molar-refractivity contribution in [1.29, 1.82) is 0 Å². The normalized spacial score (nSPS) is 15.8. The van der Waals surface area contributed by atoms with Crippen LogP contribution < -0.4 is 14.8 Å². The Bertz CT molecular complexity index is 454. The maximum absolute atomic E-state index is 5.95. The van der Waals surface area contributed by atoms with Crippen molar-refractivity contribution in [1.82, 2.24) is 5.32 Å². The summed E-state index contributed by atoms with van der Waals surface area (Å²) in [6.45, 7) is 11.2. The topological polar surface area (TPSA) is 39.7 Å². The number of rotatable bonds is 6. The fraction of sp³-hybridized carbons (Fsp3) is 0.647. The lowest BCUT2D eigenvalue weighted by Gasteiger charge is -2.26. The molecule has 1 aliphatic rings. The van der Waals surface area contributed by atoms with Crippen molar-refractivity contribution in [2.45, 2.75) is 45.8 Å². The van der Waals surface area contributed by atoms with E-state index in [1.807, 2.05) is 6.07 Å². The molecule has 1 unspecified atom stereocenters. The minimum Gasteiger partial charge on any atom is -0.486 e. The molecule has 1 aliphatic heterocycles. The van der Waals surface area contributed by atoms with E-state index < -0.39 is 0 Å². The van der Waals surface area contributed by atoms with E-state index in [0.29, 0.717) is 19.8 Å². The molecule has 118 valence electrons. The number of hydrogen-bond donors (Lipinski definition) is 1. The Kier molecular flexibility index (Phi) is 5.48. The molecule has 0 saturated carbocycles. The van der Waals surface area contributed by atoms with Gasteiger partial charge in [0.25, 0.3) is 0 Å². The summed E-state index contributed by atoms with van der Waals surface area (Å²) >= 11 is 0. The minimum atomic E-state index is -0.139. The molecule has 1 aromatic rings. The van der Waals surface area contributed by atoms with Gasteiger partial charge >= 0.3 is 0 Å². The molecular weight excluding hydrogens is 266 g/mol. The molecule has 4 heteroatoms. The highest BCUT2D eigenvalue weighted by Crippen LogP contribution is 2.33. The predicted octanol–water partition coefficient (Wildman–Crippen LogP) is 3.31. The lowest BCUT2D eigenvalue weighted by molar-refractivity contribution is -0.0148. The lowest BCUT2D eigenvalue weighted by Crippen LogP contribution is -2.31. The van der Waals surface area contributed by atoms with Crippen LogP contribution >= 0.6 is 0 Å². The molecule has 21 heavy (non-hydrogen) atoms. The van der Waals surface area contributed by atoms with E-state index in [0.717, 1.165) is 24.5 Å². The molecule has 0 spiro atoms. The quantitative estimate of drug-likeness (QED) is 0.873. The first-order valence-electron chi connectivity index (χ1n) is 7.76. The van der Waals surface area contributed by atoms with E-state index in [1.54, 1.807) is 0 Å². The second-order valence-electron chi connectivity index (χ2n) is 6.33. The smallest absolute Gasteiger partial charge is 0.161 e. The molecule has 0 amide bonds. The molecule has 1 heterocycles. The fourth-order valence-electron chi connectivity index (χ4n) is 2.20. The zero-order valence-corrected chi connectivity index (χ0v) is 13.6. The van der Waals surface area contributed by atoms with Crippen LogP contribution in [0.5, 0.6) is 11.5 Å². The maximum atomic E-state index is 5.95. The van der Waals surface area contributed by atoms with E-state index in [2.05, 4.69) is 45.1 Å². The number of fused-ring (bicyclic) bond motifs is 1. The number of benzene rings is 1. The maximum Gasteiger partial charge on any atom is 0.161 e. The van der Waals surface area contributed by atoms with Gasteiger partial charge < -0.3 is 19.5 Å². The van der Waals surface area contributed by atoms with Crippen LogP contribution in [0.3, 0.4) is 0 Å². The molecular formula is C17H27NO3. The molecule has 1 N–H and O–H groups in total. The largest absolute Gasteiger partial charge is 0.486 e. The van der Waals surface area contributed by atoms with Crippen molar-refractivity contribution in [3.05, 3.63) is 23.8 Å². The third-order valence-corrected chi connectivity index (χ3v) is 3.29. The molecule has 0 saturated heterocycles. The van der Waals surface area contributed by atoms with Crippen LogP contribution in [0.2, 0.25) is 0 Å². The van der Waals surface area contributed by atoms with Crippen molar-refractivity contribution >= 4 is 0 Å². The summed E-state index contributed by atoms with van der Waals surface area (Å²) < 4.78 is 17.2. The van der Waals surface area contributed by atoms with Crippen LogP contribution in [0, 0.1) is 0 Å². The van der Waals surface area contributed by atoms with Crippen LogP contribution in [0.1, 0.15) is 45.7 Å². The molecule has 0 fully saturated rings. The molecule has 0 bridgehead atoms. The van der Waals surface area contributed by atoms with E-state index in [1.165, 1.54) is 5.56 Å². The fourth-order valence-corrected chi connectivity index (χ4v) is 2.20. The summed E-state index contributed by atoms with van der Waals surface area (Å²) in [5, 5.41) is 3.54. The molecule has 1 aromatic carbocycles. The molecule has 0 aliphatic carbocycles. The zero-order valence-electron chi connectivity index (χ0n) is 13.6.